The van der Waals surface area contributed by atoms with Gasteiger partial charge in [-0.15, -0.1) is 0 Å². The van der Waals surface area contributed by atoms with Crippen LogP contribution in [0.3, 0.4) is 0 Å². The highest BCUT2D eigenvalue weighted by molar-refractivity contribution is 6.02. The lowest BCUT2D eigenvalue weighted by Crippen LogP contribution is -1.95. The predicted octanol–water partition coefficient (Wildman–Crippen LogP) is 4.80. The largest absolute Gasteiger partial charge is 0.349 e. The molecule has 0 atom stereocenters. The third kappa shape index (κ3) is 2.59. The molecular formula is C23H16FN5. The maximum atomic E-state index is 15.0. The Morgan fingerprint density at radius 2 is 1.86 bits per heavy atom. The topological polar surface area (TPSA) is 59.4 Å². The summed E-state index contributed by atoms with van der Waals surface area (Å²) in [7, 11) is 3.83. The first-order chi connectivity index (χ1) is 14.1. The molecule has 0 fully saturated rings. The van der Waals surface area contributed by atoms with Gasteiger partial charge in [-0.25, -0.2) is 4.39 Å². The normalized spacial score (nSPS) is 11.2. The van der Waals surface area contributed by atoms with Crippen LogP contribution in [-0.4, -0.2) is 19.3 Å². The minimum Gasteiger partial charge on any atom is -0.349 e. The predicted molar refractivity (Wildman–Crippen MR) is 111 cm³/mol. The number of hydrogen-bond donors (Lipinski definition) is 0. The van der Waals surface area contributed by atoms with Crippen LogP contribution >= 0.6 is 0 Å². The Labute approximate surface area is 166 Å². The van der Waals surface area contributed by atoms with Crippen LogP contribution in [0.15, 0.2) is 61.1 Å². The van der Waals surface area contributed by atoms with Crippen LogP contribution < -0.4 is 0 Å². The van der Waals surface area contributed by atoms with Gasteiger partial charge in [0.1, 0.15) is 5.82 Å². The van der Waals surface area contributed by atoms with Crippen molar-refractivity contribution in [2.45, 2.75) is 0 Å². The van der Waals surface area contributed by atoms with Crippen molar-refractivity contribution in [2.75, 3.05) is 0 Å². The lowest BCUT2D eigenvalue weighted by atomic mass is 9.94. The number of halogens is 1. The summed E-state index contributed by atoms with van der Waals surface area (Å²) in [6.07, 6.45) is 5.55. The van der Waals surface area contributed by atoms with Gasteiger partial charge in [-0.2, -0.15) is 10.4 Å². The fourth-order valence-electron chi connectivity index (χ4n) is 3.82. The monoisotopic (exact) mass is 381 g/mol. The van der Waals surface area contributed by atoms with Crippen molar-refractivity contribution < 1.29 is 4.39 Å². The van der Waals surface area contributed by atoms with Gasteiger partial charge >= 0.3 is 0 Å². The average molecular weight is 381 g/mol. The molecule has 2 aromatic carbocycles. The van der Waals surface area contributed by atoms with Crippen molar-refractivity contribution in [3.05, 3.63) is 72.4 Å². The van der Waals surface area contributed by atoms with Crippen molar-refractivity contribution >= 4 is 21.8 Å². The molecule has 0 aliphatic rings. The van der Waals surface area contributed by atoms with E-state index in [1.165, 1.54) is 6.07 Å². The number of aryl methyl sites for hydroxylation is 2. The van der Waals surface area contributed by atoms with Crippen molar-refractivity contribution in [1.82, 2.24) is 19.3 Å². The van der Waals surface area contributed by atoms with Crippen LogP contribution in [0.4, 0.5) is 4.39 Å². The summed E-state index contributed by atoms with van der Waals surface area (Å²) in [5.74, 6) is -0.439. The molecule has 0 bridgehead atoms. The van der Waals surface area contributed by atoms with Gasteiger partial charge in [0.25, 0.3) is 0 Å². The molecule has 0 saturated carbocycles. The molecule has 3 aromatic heterocycles. The van der Waals surface area contributed by atoms with Crippen LogP contribution in [-0.2, 0) is 14.1 Å². The van der Waals surface area contributed by atoms with Gasteiger partial charge in [0.05, 0.1) is 40.8 Å². The molecular weight excluding hydrogens is 365 g/mol. The lowest BCUT2D eigenvalue weighted by Gasteiger charge is -2.13. The quantitative estimate of drug-likeness (QED) is 0.441. The van der Waals surface area contributed by atoms with E-state index in [0.717, 1.165) is 27.4 Å². The number of hydrogen-bond acceptors (Lipinski definition) is 3. The summed E-state index contributed by atoms with van der Waals surface area (Å²) in [4.78, 5) is 4.70. The second-order valence-corrected chi connectivity index (χ2v) is 7.06. The fraction of sp³-hybridized carbons (Fsp3) is 0.0870. The summed E-state index contributed by atoms with van der Waals surface area (Å²) >= 11 is 0. The Morgan fingerprint density at radius 1 is 1.00 bits per heavy atom. The van der Waals surface area contributed by atoms with E-state index < -0.39 is 5.82 Å². The number of pyridine rings is 1. The number of nitriles is 1. The van der Waals surface area contributed by atoms with Crippen molar-refractivity contribution in [1.29, 1.82) is 5.26 Å². The highest BCUT2D eigenvalue weighted by Crippen LogP contribution is 2.39. The molecule has 3 heterocycles. The summed E-state index contributed by atoms with van der Waals surface area (Å²) in [6, 6.07) is 14.5. The van der Waals surface area contributed by atoms with E-state index in [2.05, 4.69) is 5.10 Å². The van der Waals surface area contributed by atoms with E-state index in [4.69, 9.17) is 10.2 Å². The van der Waals surface area contributed by atoms with Crippen LogP contribution in [0.5, 0.6) is 0 Å². The summed E-state index contributed by atoms with van der Waals surface area (Å²) in [6.45, 7) is 0. The SMILES string of the molecule is Cn1ccc2c(-c3ccc(C#N)cc3F)c(-c3ccc4c(cnn4C)c3)ncc21. The molecule has 0 unspecified atom stereocenters. The molecule has 5 nitrogen and oxygen atoms in total. The van der Waals surface area contributed by atoms with Gasteiger partial charge < -0.3 is 4.57 Å². The molecule has 0 saturated heterocycles. The van der Waals surface area contributed by atoms with E-state index >= 15 is 4.39 Å². The van der Waals surface area contributed by atoms with Gasteiger partial charge in [0.2, 0.25) is 0 Å². The molecule has 29 heavy (non-hydrogen) atoms. The van der Waals surface area contributed by atoms with Crippen molar-refractivity contribution in [2.24, 2.45) is 14.1 Å². The van der Waals surface area contributed by atoms with Crippen molar-refractivity contribution in [3.8, 4) is 28.5 Å². The van der Waals surface area contributed by atoms with Gasteiger partial charge in [0.15, 0.2) is 0 Å². The molecule has 0 spiro atoms. The first kappa shape index (κ1) is 17.1. The first-order valence-corrected chi connectivity index (χ1v) is 9.13. The number of aromatic nitrogens is 4. The Hall–Kier alpha value is -3.98. The van der Waals surface area contributed by atoms with Crippen LogP contribution in [0.2, 0.25) is 0 Å². The molecule has 5 rings (SSSR count). The Morgan fingerprint density at radius 3 is 2.66 bits per heavy atom. The average Bonchev–Trinajstić information content (AvgIpc) is 3.30. The van der Waals surface area contributed by atoms with E-state index in [0.29, 0.717) is 16.8 Å². The van der Waals surface area contributed by atoms with E-state index in [1.807, 2.05) is 72.3 Å². The molecule has 140 valence electrons. The Balaban J connectivity index is 1.84. The number of fused-ring (bicyclic) bond motifs is 2. The first-order valence-electron chi connectivity index (χ1n) is 9.13. The minimum atomic E-state index is -0.439. The third-order valence-corrected chi connectivity index (χ3v) is 5.33. The summed E-state index contributed by atoms with van der Waals surface area (Å²) < 4.78 is 18.8. The van der Waals surface area contributed by atoms with Gasteiger partial charge in [-0.3, -0.25) is 9.67 Å². The number of rotatable bonds is 2. The maximum Gasteiger partial charge on any atom is 0.132 e. The molecule has 5 aromatic rings. The van der Waals surface area contributed by atoms with E-state index in [9.17, 15) is 0 Å². The smallest absolute Gasteiger partial charge is 0.132 e. The van der Waals surface area contributed by atoms with Crippen LogP contribution in [0, 0.1) is 17.1 Å². The summed E-state index contributed by atoms with van der Waals surface area (Å²) in [5.41, 5.74) is 4.93. The Kier molecular flexibility index (Phi) is 3.71. The fourth-order valence-corrected chi connectivity index (χ4v) is 3.82. The Bertz CT molecular complexity index is 1450. The molecule has 0 N–H and O–H groups in total. The van der Waals surface area contributed by atoms with E-state index in [-0.39, 0.29) is 5.56 Å². The minimum absolute atomic E-state index is 0.290. The van der Waals surface area contributed by atoms with Crippen LogP contribution in [0.25, 0.3) is 44.2 Å². The molecule has 0 aliphatic carbocycles. The second kappa shape index (κ2) is 6.28. The highest BCUT2D eigenvalue weighted by Gasteiger charge is 2.19. The zero-order chi connectivity index (χ0) is 20.1. The zero-order valence-corrected chi connectivity index (χ0v) is 15.9. The molecule has 0 amide bonds. The third-order valence-electron chi connectivity index (χ3n) is 5.33. The van der Waals surface area contributed by atoms with Crippen molar-refractivity contribution in [3.63, 3.8) is 0 Å². The van der Waals surface area contributed by atoms with Gasteiger partial charge in [-0.05, 0) is 30.3 Å². The molecule has 0 aliphatic heterocycles. The van der Waals surface area contributed by atoms with E-state index in [1.54, 1.807) is 12.1 Å². The molecule has 6 heteroatoms. The number of nitrogens with zero attached hydrogens (tertiary/aromatic N) is 5. The zero-order valence-electron chi connectivity index (χ0n) is 15.9. The molecule has 0 radical (unpaired) electrons. The van der Waals surface area contributed by atoms with Gasteiger partial charge in [-0.1, -0.05) is 12.1 Å². The van der Waals surface area contributed by atoms with Gasteiger partial charge in [0, 0.05) is 47.8 Å². The summed E-state index contributed by atoms with van der Waals surface area (Å²) in [5, 5.41) is 15.3. The second-order valence-electron chi connectivity index (χ2n) is 7.06. The lowest BCUT2D eigenvalue weighted by molar-refractivity contribution is 0.631. The standard InChI is InChI=1S/C23H16FN5/c1-28-8-7-18-21(28)13-26-23(15-4-6-20-16(10-15)12-27-29(20)2)22(18)17-5-3-14(11-25)9-19(17)24/h3-10,12-13H,1-2H3. The van der Waals surface area contributed by atoms with Crippen LogP contribution in [0.1, 0.15) is 5.56 Å². The number of benzene rings is 2. The highest BCUT2D eigenvalue weighted by atomic mass is 19.1. The maximum absolute atomic E-state index is 15.0.